The van der Waals surface area contributed by atoms with Gasteiger partial charge in [0.15, 0.2) is 0 Å². The Hall–Kier alpha value is -0.860. The molecule has 1 N–H and O–H groups in total. The van der Waals surface area contributed by atoms with Crippen molar-refractivity contribution in [2.45, 2.75) is 60.2 Å². The molecule has 108 valence electrons. The van der Waals surface area contributed by atoms with Crippen LogP contribution < -0.4 is 0 Å². The van der Waals surface area contributed by atoms with Crippen LogP contribution in [0.15, 0.2) is 12.1 Å². The van der Waals surface area contributed by atoms with Crippen LogP contribution in [0, 0.1) is 26.2 Å². The monoisotopic (exact) mass is 264 g/mol. The summed E-state index contributed by atoms with van der Waals surface area (Å²) in [5, 5.41) is 10.5. The molecule has 0 aromatic heterocycles. The van der Waals surface area contributed by atoms with Crippen molar-refractivity contribution in [2.24, 2.45) is 5.41 Å². The number of hydrogen-bond acceptors (Lipinski definition) is 2. The Morgan fingerprint density at radius 1 is 1.11 bits per heavy atom. The van der Waals surface area contributed by atoms with Crippen molar-refractivity contribution < 1.29 is 9.84 Å². The lowest BCUT2D eigenvalue weighted by atomic mass is 9.82. The quantitative estimate of drug-likeness (QED) is 0.900. The number of rotatable bonds is 4. The van der Waals surface area contributed by atoms with Crippen LogP contribution in [0.1, 0.15) is 43.0 Å². The van der Waals surface area contributed by atoms with Gasteiger partial charge in [0.05, 0.1) is 12.2 Å². The maximum atomic E-state index is 10.5. The first-order valence-corrected chi connectivity index (χ1v) is 6.94. The van der Waals surface area contributed by atoms with E-state index in [1.54, 1.807) is 7.11 Å². The molecule has 0 bridgehead atoms. The van der Waals surface area contributed by atoms with Crippen LogP contribution in [0.4, 0.5) is 0 Å². The fourth-order valence-corrected chi connectivity index (χ4v) is 2.94. The Morgan fingerprint density at radius 3 is 1.95 bits per heavy atom. The van der Waals surface area contributed by atoms with Gasteiger partial charge in [0.25, 0.3) is 0 Å². The van der Waals surface area contributed by atoms with Crippen molar-refractivity contribution in [1.29, 1.82) is 0 Å². The van der Waals surface area contributed by atoms with E-state index in [1.807, 2.05) is 0 Å². The van der Waals surface area contributed by atoms with Gasteiger partial charge in [-0.25, -0.2) is 0 Å². The van der Waals surface area contributed by atoms with Crippen LogP contribution in [0.5, 0.6) is 0 Å². The second-order valence-electron chi connectivity index (χ2n) is 6.67. The van der Waals surface area contributed by atoms with Crippen LogP contribution in [-0.2, 0) is 11.2 Å². The van der Waals surface area contributed by atoms with E-state index in [0.29, 0.717) is 6.42 Å². The van der Waals surface area contributed by atoms with Gasteiger partial charge in [0.1, 0.15) is 0 Å². The molecule has 0 saturated heterocycles. The molecule has 0 spiro atoms. The summed E-state index contributed by atoms with van der Waals surface area (Å²) in [6.45, 7) is 12.6. The molecule has 1 aromatic rings. The molecule has 2 unspecified atom stereocenters. The second-order valence-corrected chi connectivity index (χ2v) is 6.67. The summed E-state index contributed by atoms with van der Waals surface area (Å²) in [5.74, 6) is 0. The van der Waals surface area contributed by atoms with Crippen molar-refractivity contribution in [1.82, 2.24) is 0 Å². The van der Waals surface area contributed by atoms with Gasteiger partial charge < -0.3 is 9.84 Å². The number of aryl methyl sites for hydroxylation is 3. The Balaban J connectivity index is 2.96. The third-order valence-corrected chi connectivity index (χ3v) is 3.71. The van der Waals surface area contributed by atoms with Gasteiger partial charge in [-0.1, -0.05) is 38.5 Å². The van der Waals surface area contributed by atoms with Crippen LogP contribution in [0.25, 0.3) is 0 Å². The summed E-state index contributed by atoms with van der Waals surface area (Å²) in [4.78, 5) is 0. The maximum Gasteiger partial charge on any atom is 0.0881 e. The Bertz CT molecular complexity index is 406. The van der Waals surface area contributed by atoms with E-state index in [4.69, 9.17) is 4.74 Å². The summed E-state index contributed by atoms with van der Waals surface area (Å²) >= 11 is 0. The van der Waals surface area contributed by atoms with E-state index in [-0.39, 0.29) is 11.5 Å². The lowest BCUT2D eigenvalue weighted by molar-refractivity contribution is -0.0699. The zero-order valence-electron chi connectivity index (χ0n) is 13.4. The lowest BCUT2D eigenvalue weighted by Crippen LogP contribution is -2.40. The van der Waals surface area contributed by atoms with Crippen molar-refractivity contribution in [3.63, 3.8) is 0 Å². The van der Waals surface area contributed by atoms with Crippen molar-refractivity contribution >= 4 is 0 Å². The lowest BCUT2D eigenvalue weighted by Gasteiger charge is -2.33. The number of hydrogen-bond donors (Lipinski definition) is 1. The summed E-state index contributed by atoms with van der Waals surface area (Å²) in [7, 11) is 1.67. The highest BCUT2D eigenvalue weighted by Crippen LogP contribution is 2.27. The Kier molecular flexibility index (Phi) is 5.17. The molecule has 0 heterocycles. The summed E-state index contributed by atoms with van der Waals surface area (Å²) in [6.07, 6.45) is 0.00554. The van der Waals surface area contributed by atoms with Crippen LogP contribution >= 0.6 is 0 Å². The second kappa shape index (κ2) is 6.06. The highest BCUT2D eigenvalue weighted by molar-refractivity contribution is 5.38. The standard InChI is InChI=1S/C17H28O2/c1-11-8-12(2)14(13(3)9-11)10-15(18)16(19-7)17(4,5)6/h8-9,15-16,18H,10H2,1-7H3. The zero-order chi connectivity index (χ0) is 14.8. The number of aliphatic hydroxyl groups is 1. The topological polar surface area (TPSA) is 29.5 Å². The molecule has 0 aliphatic heterocycles. The normalized spacial score (nSPS) is 15.4. The fourth-order valence-electron chi connectivity index (χ4n) is 2.94. The molecule has 0 radical (unpaired) electrons. The first-order chi connectivity index (χ1) is 8.66. The minimum absolute atomic E-state index is 0.0688. The van der Waals surface area contributed by atoms with Crippen molar-refractivity contribution in [2.75, 3.05) is 7.11 Å². The molecule has 0 aliphatic rings. The van der Waals surface area contributed by atoms with Gasteiger partial charge in [-0.2, -0.15) is 0 Å². The zero-order valence-corrected chi connectivity index (χ0v) is 13.4. The minimum Gasteiger partial charge on any atom is -0.390 e. The Morgan fingerprint density at radius 2 is 1.58 bits per heavy atom. The Labute approximate surface area is 117 Å². The van der Waals surface area contributed by atoms with Gasteiger partial charge >= 0.3 is 0 Å². The average Bonchev–Trinajstić information content (AvgIpc) is 2.22. The molecular weight excluding hydrogens is 236 g/mol. The number of aliphatic hydroxyl groups excluding tert-OH is 1. The van der Waals surface area contributed by atoms with Gasteiger partial charge in [-0.3, -0.25) is 0 Å². The predicted octanol–water partition coefficient (Wildman–Crippen LogP) is 3.58. The number of benzene rings is 1. The molecule has 2 heteroatoms. The fraction of sp³-hybridized carbons (Fsp3) is 0.647. The van der Waals surface area contributed by atoms with E-state index in [9.17, 15) is 5.11 Å². The van der Waals surface area contributed by atoms with Gasteiger partial charge in [-0.15, -0.1) is 0 Å². The van der Waals surface area contributed by atoms with Crippen LogP contribution in [0.2, 0.25) is 0 Å². The molecule has 1 aromatic carbocycles. The van der Waals surface area contributed by atoms with E-state index in [1.165, 1.54) is 22.3 Å². The van der Waals surface area contributed by atoms with Gasteiger partial charge in [0, 0.05) is 13.5 Å². The molecular formula is C17H28O2. The van der Waals surface area contributed by atoms with Crippen molar-refractivity contribution in [3.8, 4) is 0 Å². The molecule has 0 amide bonds. The summed E-state index contributed by atoms with van der Waals surface area (Å²) in [5.41, 5.74) is 4.94. The minimum atomic E-state index is -0.481. The molecule has 0 fully saturated rings. The van der Waals surface area contributed by atoms with Gasteiger partial charge in [0.2, 0.25) is 0 Å². The van der Waals surface area contributed by atoms with Crippen LogP contribution in [0.3, 0.4) is 0 Å². The average molecular weight is 264 g/mol. The maximum absolute atomic E-state index is 10.5. The van der Waals surface area contributed by atoms with Crippen LogP contribution in [-0.4, -0.2) is 24.4 Å². The smallest absolute Gasteiger partial charge is 0.0881 e. The molecule has 0 saturated carbocycles. The van der Waals surface area contributed by atoms with E-state index in [0.717, 1.165) is 0 Å². The molecule has 1 rings (SSSR count). The van der Waals surface area contributed by atoms with E-state index in [2.05, 4.69) is 53.7 Å². The first-order valence-electron chi connectivity index (χ1n) is 6.94. The van der Waals surface area contributed by atoms with E-state index < -0.39 is 6.10 Å². The predicted molar refractivity (Wildman–Crippen MR) is 80.6 cm³/mol. The molecule has 0 aliphatic carbocycles. The van der Waals surface area contributed by atoms with Gasteiger partial charge in [-0.05, 0) is 42.9 Å². The molecule has 19 heavy (non-hydrogen) atoms. The highest BCUT2D eigenvalue weighted by Gasteiger charge is 2.31. The largest absolute Gasteiger partial charge is 0.390 e. The van der Waals surface area contributed by atoms with E-state index >= 15 is 0 Å². The number of ether oxygens (including phenoxy) is 1. The third kappa shape index (κ3) is 4.05. The number of methoxy groups -OCH3 is 1. The molecule has 2 atom stereocenters. The SMILES string of the molecule is COC(C(O)Cc1c(C)cc(C)cc1C)C(C)(C)C. The molecule has 2 nitrogen and oxygen atoms in total. The third-order valence-electron chi connectivity index (χ3n) is 3.71. The van der Waals surface area contributed by atoms with Crippen molar-refractivity contribution in [3.05, 3.63) is 34.4 Å². The first kappa shape index (κ1) is 16.2. The summed E-state index contributed by atoms with van der Waals surface area (Å²) < 4.78 is 5.50. The highest BCUT2D eigenvalue weighted by atomic mass is 16.5. The summed E-state index contributed by atoms with van der Waals surface area (Å²) in [6, 6.07) is 4.35.